The zero-order chi connectivity index (χ0) is 48.6. The molecule has 66 heavy (non-hydrogen) atoms. The summed E-state index contributed by atoms with van der Waals surface area (Å²) in [6, 6.07) is 13.4. The van der Waals surface area contributed by atoms with E-state index in [0.29, 0.717) is 52.8 Å². The Hall–Kier alpha value is -6.96. The number of guanidine groups is 1. The molecule has 0 spiro atoms. The van der Waals surface area contributed by atoms with Crippen LogP contribution in [-0.4, -0.2) is 117 Å². The van der Waals surface area contributed by atoms with Gasteiger partial charge in [0, 0.05) is 86.0 Å². The largest absolute Gasteiger partial charge is 0.478 e. The Bertz CT molecular complexity index is 2600. The number of nitrogens with zero attached hydrogens (tertiary/aromatic N) is 4. The van der Waals surface area contributed by atoms with Gasteiger partial charge in [-0.1, -0.05) is 26.8 Å². The van der Waals surface area contributed by atoms with Crippen molar-refractivity contribution in [3.63, 3.8) is 0 Å². The first-order valence-electron chi connectivity index (χ1n) is 21.4. The maximum Gasteiger partial charge on any atom is 0.336 e. The minimum atomic E-state index is -1.29. The lowest BCUT2D eigenvalue weighted by atomic mass is 9.90. The van der Waals surface area contributed by atoms with Crippen LogP contribution in [0.25, 0.3) is 33.4 Å². The molecule has 0 aromatic heterocycles. The maximum atomic E-state index is 14.0. The van der Waals surface area contributed by atoms with Gasteiger partial charge < -0.3 is 47.6 Å². The molecule has 19 nitrogen and oxygen atoms in total. The number of rotatable bonds is 20. The quantitative estimate of drug-likeness (QED) is 0.0166. The maximum absolute atomic E-state index is 14.0. The van der Waals surface area contributed by atoms with Crippen LogP contribution >= 0.6 is 11.8 Å². The third kappa shape index (κ3) is 12.0. The fourth-order valence-electron chi connectivity index (χ4n) is 7.44. The highest BCUT2D eigenvalue weighted by Crippen LogP contribution is 2.43. The molecule has 0 bridgehead atoms. The Morgan fingerprint density at radius 3 is 2.29 bits per heavy atom. The van der Waals surface area contributed by atoms with Crippen LogP contribution in [0.5, 0.6) is 0 Å². The minimum absolute atomic E-state index is 0.0447. The van der Waals surface area contributed by atoms with E-state index in [9.17, 15) is 38.7 Å². The highest BCUT2D eigenvalue weighted by molar-refractivity contribution is 8.00. The summed E-state index contributed by atoms with van der Waals surface area (Å²) in [7, 11) is 7.60. The molecule has 10 N–H and O–H groups in total. The molecule has 3 aliphatic rings. The van der Waals surface area contributed by atoms with Gasteiger partial charge in [0.2, 0.25) is 40.8 Å². The summed E-state index contributed by atoms with van der Waals surface area (Å²) in [5, 5.41) is 19.2. The second-order valence-corrected chi connectivity index (χ2v) is 18.1. The highest BCUT2D eigenvalue weighted by atomic mass is 32.2. The van der Waals surface area contributed by atoms with Gasteiger partial charge in [-0.15, -0.1) is 11.8 Å². The number of aromatic carboxylic acids is 1. The van der Waals surface area contributed by atoms with E-state index < -0.39 is 70.6 Å². The van der Waals surface area contributed by atoms with E-state index in [0.717, 1.165) is 27.7 Å². The predicted molar refractivity (Wildman–Crippen MR) is 255 cm³/mol. The number of thioether (sulfide) groups is 1. The van der Waals surface area contributed by atoms with Crippen LogP contribution in [-0.2, 0) is 28.8 Å². The van der Waals surface area contributed by atoms with Crippen LogP contribution in [0.2, 0.25) is 0 Å². The molecule has 5 rings (SSSR count). The van der Waals surface area contributed by atoms with Gasteiger partial charge in [0.1, 0.15) is 37.5 Å². The Morgan fingerprint density at radius 2 is 1.65 bits per heavy atom. The van der Waals surface area contributed by atoms with Crippen molar-refractivity contribution in [2.45, 2.75) is 63.8 Å². The SMILES string of the molecule is CC(C)[C@H](NC(=O)[C@@H](C)CCCN=C(N)N)C(=O)N[C@@H](CSC1CC(=O)N(c2ccc(-c3c4ccc(=[N+](C)C)cc-4oc4cc(N(C)C)ccc34)c(C(=O)O)c2)C1=O)C(=O)NCCC(N)=O. The van der Waals surface area contributed by atoms with Crippen molar-refractivity contribution in [1.29, 1.82) is 0 Å². The lowest BCUT2D eigenvalue weighted by Gasteiger charge is -2.26. The second-order valence-electron chi connectivity index (χ2n) is 16.9. The van der Waals surface area contributed by atoms with E-state index in [1.807, 2.05) is 74.1 Å². The summed E-state index contributed by atoms with van der Waals surface area (Å²) in [6.07, 6.45) is 0.518. The molecule has 1 unspecified atom stereocenters. The van der Waals surface area contributed by atoms with E-state index in [2.05, 4.69) is 20.9 Å². The topological polar surface area (TPSA) is 289 Å². The lowest BCUT2D eigenvalue weighted by molar-refractivity contribution is -0.133. The number of primary amides is 1. The van der Waals surface area contributed by atoms with E-state index >= 15 is 0 Å². The molecule has 1 saturated heterocycles. The van der Waals surface area contributed by atoms with Crippen molar-refractivity contribution >= 4 is 81.5 Å². The summed E-state index contributed by atoms with van der Waals surface area (Å²) in [4.78, 5) is 99.3. The molecule has 352 valence electrons. The molecule has 6 amide bonds. The molecule has 1 aliphatic carbocycles. The summed E-state index contributed by atoms with van der Waals surface area (Å²) >= 11 is 0.955. The summed E-state index contributed by atoms with van der Waals surface area (Å²) in [5.41, 5.74) is 18.9. The zero-order valence-corrected chi connectivity index (χ0v) is 39.0. The van der Waals surface area contributed by atoms with Crippen molar-refractivity contribution in [3.05, 3.63) is 65.5 Å². The first kappa shape index (κ1) is 50.0. The van der Waals surface area contributed by atoms with Crippen LogP contribution in [0.1, 0.15) is 56.8 Å². The van der Waals surface area contributed by atoms with Gasteiger partial charge in [-0.05, 0) is 54.7 Å². The number of nitrogens with two attached hydrogens (primary N) is 3. The number of anilines is 2. The standard InChI is InChI=1S/C46H58N10O9S/c1-24(2)40(53-41(59)25(3)9-8-17-51-46(48)49)43(61)52-33(42(60)50-18-16-37(47)57)23-66-36-22-38(58)56(44(36)62)28-12-13-29(32(19-28)45(63)64)39-30-14-10-26(54(4)5)20-34(30)65-35-21-27(55(6)7)11-15-31(35)39/h10-15,19-21,24-25,33,36,40H,8-9,16-18,22-23H2,1-7H3,(H9-,47,48,49,50,51,52,53,57,59,60,61,63,64)/p+1/t25-,33-,36?,40-/m0/s1. The van der Waals surface area contributed by atoms with Gasteiger partial charge in [0.15, 0.2) is 5.96 Å². The van der Waals surface area contributed by atoms with Crippen LogP contribution in [0.4, 0.5) is 11.4 Å². The van der Waals surface area contributed by atoms with Gasteiger partial charge in [0.25, 0.3) is 0 Å². The van der Waals surface area contributed by atoms with E-state index in [1.165, 1.54) is 12.1 Å². The smallest absolute Gasteiger partial charge is 0.336 e. The van der Waals surface area contributed by atoms with Gasteiger partial charge in [0.05, 0.1) is 22.6 Å². The van der Waals surface area contributed by atoms with E-state index in [-0.39, 0.29) is 42.3 Å². The Labute approximate surface area is 386 Å². The molecule has 4 atom stereocenters. The number of nitrogens with one attached hydrogen (secondary N) is 3. The number of benzene rings is 3. The van der Waals surface area contributed by atoms with Crippen molar-refractivity contribution < 1.29 is 43.1 Å². The number of carbonyl (C=O) groups is 7. The average Bonchev–Trinajstić information content (AvgIpc) is 3.54. The molecule has 2 aromatic rings. The molecular formula is C46H59N10O9S+. The number of carboxylic acids is 1. The fraction of sp³-hybridized carbons (Fsp3) is 0.413. The predicted octanol–water partition coefficient (Wildman–Crippen LogP) is 1.67. The van der Waals surface area contributed by atoms with Gasteiger partial charge in [-0.2, -0.15) is 0 Å². The third-order valence-electron chi connectivity index (χ3n) is 11.1. The molecule has 0 radical (unpaired) electrons. The first-order chi connectivity index (χ1) is 31.2. The summed E-state index contributed by atoms with van der Waals surface area (Å²) < 4.78 is 8.34. The van der Waals surface area contributed by atoms with Gasteiger partial charge >= 0.3 is 5.97 Å². The summed E-state index contributed by atoms with van der Waals surface area (Å²) in [6.45, 7) is 5.37. The molecule has 20 heteroatoms. The number of carboxylic acid groups (broad SMARTS) is 1. The van der Waals surface area contributed by atoms with Crippen LogP contribution in [0, 0.1) is 11.8 Å². The third-order valence-corrected chi connectivity index (χ3v) is 12.4. The minimum Gasteiger partial charge on any atom is -0.478 e. The monoisotopic (exact) mass is 927 g/mol. The number of carbonyl (C=O) groups excluding carboxylic acids is 6. The number of fused-ring (bicyclic) bond motifs is 2. The van der Waals surface area contributed by atoms with Crippen molar-refractivity contribution in [2.75, 3.05) is 56.8 Å². The highest BCUT2D eigenvalue weighted by Gasteiger charge is 2.41. The van der Waals surface area contributed by atoms with Gasteiger partial charge in [-0.25, -0.2) is 14.3 Å². The van der Waals surface area contributed by atoms with Gasteiger partial charge in [-0.3, -0.25) is 33.8 Å². The zero-order valence-electron chi connectivity index (χ0n) is 38.2. The van der Waals surface area contributed by atoms with Crippen LogP contribution < -0.4 is 52.9 Å². The number of hydrogen-bond acceptors (Lipinski definition) is 11. The number of hydrogen-bond donors (Lipinski definition) is 7. The Kier molecular flexibility index (Phi) is 16.5. The molecule has 2 aliphatic heterocycles. The normalized spacial score (nSPS) is 15.0. The van der Waals surface area contributed by atoms with Crippen LogP contribution in [0.15, 0.2) is 64.0 Å². The van der Waals surface area contributed by atoms with E-state index in [1.54, 1.807) is 26.8 Å². The number of imide groups is 1. The van der Waals surface area contributed by atoms with Crippen molar-refractivity contribution in [1.82, 2.24) is 20.5 Å². The first-order valence-corrected chi connectivity index (χ1v) is 22.5. The van der Waals surface area contributed by atoms with Crippen LogP contribution in [0.3, 0.4) is 0 Å². The second kappa shape index (κ2) is 21.8. The summed E-state index contributed by atoms with van der Waals surface area (Å²) in [5.74, 6) is -5.54. The molecule has 2 aromatic carbocycles. The fourth-order valence-corrected chi connectivity index (χ4v) is 8.61. The average molecular weight is 928 g/mol. The lowest BCUT2D eigenvalue weighted by Crippen LogP contribution is -2.57. The Balaban J connectivity index is 1.40. The molecule has 2 heterocycles. The molecule has 1 fully saturated rings. The number of amides is 6. The van der Waals surface area contributed by atoms with E-state index in [4.69, 9.17) is 21.6 Å². The van der Waals surface area contributed by atoms with Crippen molar-refractivity contribution in [3.8, 4) is 22.5 Å². The van der Waals surface area contributed by atoms with Crippen molar-refractivity contribution in [2.24, 2.45) is 34.0 Å². The molecular weight excluding hydrogens is 869 g/mol. The number of aliphatic imine (C=N–C) groups is 1. The molecule has 0 saturated carbocycles. The Morgan fingerprint density at radius 1 is 0.939 bits per heavy atom.